The summed E-state index contributed by atoms with van der Waals surface area (Å²) in [6.45, 7) is 1.87. The zero-order valence-corrected chi connectivity index (χ0v) is 10.2. The summed E-state index contributed by atoms with van der Waals surface area (Å²) < 4.78 is 28.8. The number of aromatic nitrogens is 2. The average Bonchev–Trinajstić information content (AvgIpc) is 2.72. The Kier molecular flexibility index (Phi) is 2.48. The maximum atomic E-state index is 13.8. The third-order valence-electron chi connectivity index (χ3n) is 3.08. The fourth-order valence-corrected chi connectivity index (χ4v) is 2.17. The van der Waals surface area contributed by atoms with E-state index >= 15 is 0 Å². The van der Waals surface area contributed by atoms with Gasteiger partial charge in [-0.15, -0.1) is 0 Å². The molecule has 0 amide bonds. The highest BCUT2D eigenvalue weighted by atomic mass is 19.2. The summed E-state index contributed by atoms with van der Waals surface area (Å²) in [5.74, 6) is -1.54. The highest BCUT2D eigenvalue weighted by Gasteiger charge is 2.17. The van der Waals surface area contributed by atoms with Crippen molar-refractivity contribution in [2.24, 2.45) is 0 Å². The number of hydrogen-bond donors (Lipinski definition) is 1. The molecule has 19 heavy (non-hydrogen) atoms. The van der Waals surface area contributed by atoms with Gasteiger partial charge in [-0.05, 0) is 31.2 Å². The smallest absolute Gasteiger partial charge is 0.168 e. The molecule has 0 aliphatic rings. The van der Waals surface area contributed by atoms with E-state index in [-0.39, 0.29) is 11.3 Å². The maximum Gasteiger partial charge on any atom is 0.168 e. The topological polar surface area (TPSA) is 43.3 Å². The number of hydrogen-bond acceptors (Lipinski definition) is 2. The number of benzene rings is 1. The van der Waals surface area contributed by atoms with Gasteiger partial charge in [-0.1, -0.05) is 12.1 Å². The summed E-state index contributed by atoms with van der Waals surface area (Å²) in [6, 6.07) is 9.44. The monoisotopic (exact) mass is 259 g/mol. The Morgan fingerprint density at radius 2 is 1.84 bits per heavy atom. The molecule has 3 rings (SSSR count). The molecule has 0 bridgehead atoms. The first-order valence-corrected chi connectivity index (χ1v) is 5.77. The van der Waals surface area contributed by atoms with Crippen molar-refractivity contribution in [3.8, 4) is 11.3 Å². The van der Waals surface area contributed by atoms with E-state index in [4.69, 9.17) is 5.73 Å². The SMILES string of the molecule is Cc1cccc2nc(-c3cccc(F)c3F)c(N)n12. The lowest BCUT2D eigenvalue weighted by Crippen LogP contribution is -1.98. The summed E-state index contributed by atoms with van der Waals surface area (Å²) in [5.41, 5.74) is 7.82. The lowest BCUT2D eigenvalue weighted by Gasteiger charge is -2.03. The molecule has 0 unspecified atom stereocenters. The molecule has 3 aromatic rings. The number of nitrogens with two attached hydrogens (primary N) is 1. The van der Waals surface area contributed by atoms with E-state index in [0.717, 1.165) is 11.8 Å². The molecule has 0 aliphatic heterocycles. The summed E-state index contributed by atoms with van der Waals surface area (Å²) >= 11 is 0. The fourth-order valence-electron chi connectivity index (χ4n) is 2.17. The quantitative estimate of drug-likeness (QED) is 0.729. The third-order valence-corrected chi connectivity index (χ3v) is 3.08. The van der Waals surface area contributed by atoms with Crippen LogP contribution in [0.25, 0.3) is 16.9 Å². The van der Waals surface area contributed by atoms with Gasteiger partial charge in [0, 0.05) is 11.3 Å². The zero-order chi connectivity index (χ0) is 13.6. The molecule has 0 saturated carbocycles. The van der Waals surface area contributed by atoms with Crippen LogP contribution in [0.4, 0.5) is 14.6 Å². The van der Waals surface area contributed by atoms with Crippen molar-refractivity contribution in [1.82, 2.24) is 9.38 Å². The van der Waals surface area contributed by atoms with Gasteiger partial charge in [-0.3, -0.25) is 4.40 Å². The van der Waals surface area contributed by atoms with E-state index in [0.29, 0.717) is 11.5 Å². The second kappa shape index (κ2) is 4.05. The van der Waals surface area contributed by atoms with Gasteiger partial charge in [0.25, 0.3) is 0 Å². The lowest BCUT2D eigenvalue weighted by atomic mass is 10.1. The van der Waals surface area contributed by atoms with Gasteiger partial charge in [-0.2, -0.15) is 0 Å². The number of fused-ring (bicyclic) bond motifs is 1. The minimum absolute atomic E-state index is 0.0700. The van der Waals surface area contributed by atoms with Crippen molar-refractivity contribution in [3.63, 3.8) is 0 Å². The predicted octanol–water partition coefficient (Wildman–Crippen LogP) is 3.17. The molecule has 0 radical (unpaired) electrons. The fraction of sp³-hybridized carbons (Fsp3) is 0.0714. The van der Waals surface area contributed by atoms with Gasteiger partial charge in [0.05, 0.1) is 0 Å². The molecule has 0 atom stereocenters. The molecule has 3 nitrogen and oxygen atoms in total. The van der Waals surface area contributed by atoms with E-state index in [1.807, 2.05) is 19.1 Å². The van der Waals surface area contributed by atoms with Gasteiger partial charge < -0.3 is 5.73 Å². The summed E-state index contributed by atoms with van der Waals surface area (Å²) in [6.07, 6.45) is 0. The van der Waals surface area contributed by atoms with Crippen molar-refractivity contribution in [3.05, 3.63) is 53.7 Å². The second-order valence-electron chi connectivity index (χ2n) is 4.31. The Hall–Kier alpha value is -2.43. The number of anilines is 1. The lowest BCUT2D eigenvalue weighted by molar-refractivity contribution is 0.511. The molecular weight excluding hydrogens is 248 g/mol. The predicted molar refractivity (Wildman–Crippen MR) is 69.7 cm³/mol. The summed E-state index contributed by atoms with van der Waals surface area (Å²) in [4.78, 5) is 4.28. The van der Waals surface area contributed by atoms with Crippen LogP contribution in [-0.2, 0) is 0 Å². The number of rotatable bonds is 1. The molecule has 96 valence electrons. The van der Waals surface area contributed by atoms with Crippen LogP contribution in [-0.4, -0.2) is 9.38 Å². The second-order valence-corrected chi connectivity index (χ2v) is 4.31. The first kappa shape index (κ1) is 11.6. The van der Waals surface area contributed by atoms with E-state index in [1.54, 1.807) is 10.5 Å². The van der Waals surface area contributed by atoms with Crippen LogP contribution in [0.3, 0.4) is 0 Å². The maximum absolute atomic E-state index is 13.8. The standard InChI is InChI=1S/C14H11F2N3/c1-8-4-2-7-11-18-13(14(17)19(8)11)9-5-3-6-10(15)12(9)16/h2-7H,17H2,1H3. The van der Waals surface area contributed by atoms with E-state index < -0.39 is 11.6 Å². The largest absolute Gasteiger partial charge is 0.383 e. The molecule has 0 aliphatic carbocycles. The number of halogens is 2. The number of nitrogen functional groups attached to an aromatic ring is 1. The molecule has 2 N–H and O–H groups in total. The van der Waals surface area contributed by atoms with Gasteiger partial charge in [0.1, 0.15) is 17.2 Å². The molecule has 2 heterocycles. The Balaban J connectivity index is 2.35. The zero-order valence-electron chi connectivity index (χ0n) is 10.2. The Labute approximate surface area is 108 Å². The number of aryl methyl sites for hydroxylation is 1. The normalized spacial score (nSPS) is 11.1. The first-order valence-electron chi connectivity index (χ1n) is 5.77. The molecule has 0 saturated heterocycles. The van der Waals surface area contributed by atoms with Crippen molar-refractivity contribution in [2.45, 2.75) is 6.92 Å². The van der Waals surface area contributed by atoms with Crippen LogP contribution in [0.2, 0.25) is 0 Å². The van der Waals surface area contributed by atoms with Crippen LogP contribution in [0.15, 0.2) is 36.4 Å². The van der Waals surface area contributed by atoms with Crippen LogP contribution in [0, 0.1) is 18.6 Å². The number of pyridine rings is 1. The Bertz CT molecular complexity index is 778. The molecule has 0 fully saturated rings. The number of imidazole rings is 1. The highest BCUT2D eigenvalue weighted by molar-refractivity contribution is 5.75. The van der Waals surface area contributed by atoms with Gasteiger partial charge in [0.2, 0.25) is 0 Å². The van der Waals surface area contributed by atoms with Gasteiger partial charge in [-0.25, -0.2) is 13.8 Å². The minimum Gasteiger partial charge on any atom is -0.383 e. The van der Waals surface area contributed by atoms with Crippen molar-refractivity contribution >= 4 is 11.5 Å². The van der Waals surface area contributed by atoms with E-state index in [2.05, 4.69) is 4.98 Å². The third kappa shape index (κ3) is 1.66. The Morgan fingerprint density at radius 3 is 2.58 bits per heavy atom. The van der Waals surface area contributed by atoms with Gasteiger partial charge >= 0.3 is 0 Å². The van der Waals surface area contributed by atoms with E-state index in [9.17, 15) is 8.78 Å². The van der Waals surface area contributed by atoms with Crippen molar-refractivity contribution in [1.29, 1.82) is 0 Å². The van der Waals surface area contributed by atoms with Crippen LogP contribution >= 0.6 is 0 Å². The van der Waals surface area contributed by atoms with Crippen LogP contribution in [0.5, 0.6) is 0 Å². The van der Waals surface area contributed by atoms with Crippen molar-refractivity contribution in [2.75, 3.05) is 5.73 Å². The minimum atomic E-state index is -0.935. The van der Waals surface area contributed by atoms with Crippen LogP contribution < -0.4 is 5.73 Å². The average molecular weight is 259 g/mol. The van der Waals surface area contributed by atoms with Crippen molar-refractivity contribution < 1.29 is 8.78 Å². The summed E-state index contributed by atoms with van der Waals surface area (Å²) in [5, 5.41) is 0. The Morgan fingerprint density at radius 1 is 1.11 bits per heavy atom. The first-order chi connectivity index (χ1) is 9.09. The number of nitrogens with zero attached hydrogens (tertiary/aromatic N) is 2. The molecule has 1 aromatic carbocycles. The van der Waals surface area contributed by atoms with Crippen LogP contribution in [0.1, 0.15) is 5.69 Å². The molecule has 2 aromatic heterocycles. The molecule has 0 spiro atoms. The van der Waals surface area contributed by atoms with Gasteiger partial charge in [0.15, 0.2) is 11.6 Å². The van der Waals surface area contributed by atoms with E-state index in [1.165, 1.54) is 12.1 Å². The molecular formula is C14H11F2N3. The highest BCUT2D eigenvalue weighted by Crippen LogP contribution is 2.30. The summed E-state index contributed by atoms with van der Waals surface area (Å²) in [7, 11) is 0. The molecule has 5 heteroatoms.